The van der Waals surface area contributed by atoms with Crippen molar-refractivity contribution in [3.8, 4) is 0 Å². The van der Waals surface area contributed by atoms with Crippen molar-refractivity contribution in [1.29, 1.82) is 0 Å². The maximum atomic E-state index is 12.0. The van der Waals surface area contributed by atoms with Crippen LogP contribution >= 0.6 is 0 Å². The van der Waals surface area contributed by atoms with Crippen LogP contribution < -0.4 is 10.6 Å². The normalized spacial score (nSPS) is 12.9. The Labute approximate surface area is 129 Å². The predicted molar refractivity (Wildman–Crippen MR) is 87.7 cm³/mol. The Morgan fingerprint density at radius 2 is 1.76 bits per heavy atom. The van der Waals surface area contributed by atoms with E-state index >= 15 is 0 Å². The third-order valence-corrected chi connectivity index (χ3v) is 2.42. The fourth-order valence-corrected chi connectivity index (χ4v) is 1.55. The van der Waals surface area contributed by atoms with Crippen LogP contribution in [-0.4, -0.2) is 54.8 Å². The van der Waals surface area contributed by atoms with Gasteiger partial charge in [-0.25, -0.2) is 4.79 Å². The zero-order valence-electron chi connectivity index (χ0n) is 14.8. The molecule has 0 aliphatic heterocycles. The summed E-state index contributed by atoms with van der Waals surface area (Å²) in [5, 5.41) is 6.47. The van der Waals surface area contributed by atoms with E-state index in [0.29, 0.717) is 19.6 Å². The molecular weight excluding hydrogens is 268 g/mol. The molecule has 0 heterocycles. The third kappa shape index (κ3) is 9.98. The standard InChI is InChI=1S/C15H32N4O2/c1-9-19(13(20)21-15(5,6)7)11-10-17-12(16-8)18-14(2,3)4/h9-11H2,1-8H3,(H2,16,17,18). The number of rotatable bonds is 4. The average molecular weight is 300 g/mol. The number of nitrogens with zero attached hydrogens (tertiary/aromatic N) is 2. The number of amides is 1. The van der Waals surface area contributed by atoms with Gasteiger partial charge in [0, 0.05) is 32.2 Å². The molecule has 0 aliphatic rings. The zero-order chi connectivity index (χ0) is 16.7. The molecule has 0 saturated heterocycles. The Hall–Kier alpha value is -1.46. The van der Waals surface area contributed by atoms with E-state index in [1.54, 1.807) is 11.9 Å². The smallest absolute Gasteiger partial charge is 0.410 e. The first-order chi connectivity index (χ1) is 9.48. The Balaban J connectivity index is 4.32. The molecular formula is C15H32N4O2. The summed E-state index contributed by atoms with van der Waals surface area (Å²) in [7, 11) is 1.73. The molecule has 0 atom stereocenters. The summed E-state index contributed by atoms with van der Waals surface area (Å²) in [6.45, 7) is 15.5. The summed E-state index contributed by atoms with van der Waals surface area (Å²) < 4.78 is 5.37. The zero-order valence-corrected chi connectivity index (χ0v) is 14.8. The van der Waals surface area contributed by atoms with Crippen molar-refractivity contribution < 1.29 is 9.53 Å². The fourth-order valence-electron chi connectivity index (χ4n) is 1.55. The van der Waals surface area contributed by atoms with Gasteiger partial charge in [0.1, 0.15) is 5.60 Å². The largest absolute Gasteiger partial charge is 0.444 e. The number of carbonyl (C=O) groups is 1. The molecule has 0 aromatic rings. The molecule has 0 radical (unpaired) electrons. The van der Waals surface area contributed by atoms with Crippen molar-refractivity contribution in [3.63, 3.8) is 0 Å². The Morgan fingerprint density at radius 1 is 1.19 bits per heavy atom. The van der Waals surface area contributed by atoms with Crippen LogP contribution in [0.2, 0.25) is 0 Å². The lowest BCUT2D eigenvalue weighted by Crippen LogP contribution is -2.49. The number of carbonyl (C=O) groups excluding carboxylic acids is 1. The van der Waals surface area contributed by atoms with Crippen LogP contribution in [0.4, 0.5) is 4.79 Å². The van der Waals surface area contributed by atoms with E-state index < -0.39 is 5.60 Å². The first kappa shape index (κ1) is 19.5. The molecule has 1 amide bonds. The van der Waals surface area contributed by atoms with Gasteiger partial charge < -0.3 is 20.3 Å². The van der Waals surface area contributed by atoms with E-state index in [1.807, 2.05) is 27.7 Å². The van der Waals surface area contributed by atoms with Crippen molar-refractivity contribution in [2.45, 2.75) is 59.6 Å². The summed E-state index contributed by atoms with van der Waals surface area (Å²) in [6.07, 6.45) is -0.287. The Morgan fingerprint density at radius 3 is 2.14 bits per heavy atom. The highest BCUT2D eigenvalue weighted by Gasteiger charge is 2.21. The molecule has 0 saturated carbocycles. The number of hydrogen-bond acceptors (Lipinski definition) is 3. The molecule has 6 heteroatoms. The van der Waals surface area contributed by atoms with Gasteiger partial charge in [-0.1, -0.05) is 0 Å². The maximum absolute atomic E-state index is 12.0. The number of hydrogen-bond donors (Lipinski definition) is 2. The van der Waals surface area contributed by atoms with Crippen LogP contribution in [0, 0.1) is 0 Å². The number of aliphatic imine (C=N–C) groups is 1. The monoisotopic (exact) mass is 300 g/mol. The Bertz CT molecular complexity index is 354. The van der Waals surface area contributed by atoms with Crippen LogP contribution in [0.5, 0.6) is 0 Å². The van der Waals surface area contributed by atoms with Crippen molar-refractivity contribution in [3.05, 3.63) is 0 Å². The molecule has 6 nitrogen and oxygen atoms in total. The van der Waals surface area contributed by atoms with Gasteiger partial charge in [0.25, 0.3) is 0 Å². The van der Waals surface area contributed by atoms with Crippen LogP contribution in [0.25, 0.3) is 0 Å². The molecule has 0 aliphatic carbocycles. The second-order valence-corrected chi connectivity index (χ2v) is 6.93. The lowest BCUT2D eigenvalue weighted by atomic mass is 10.1. The van der Waals surface area contributed by atoms with Crippen LogP contribution in [0.1, 0.15) is 48.5 Å². The van der Waals surface area contributed by atoms with E-state index in [0.717, 1.165) is 5.96 Å². The molecule has 124 valence electrons. The van der Waals surface area contributed by atoms with E-state index in [4.69, 9.17) is 4.74 Å². The van der Waals surface area contributed by atoms with Gasteiger partial charge >= 0.3 is 6.09 Å². The Kier molecular flexibility index (Phi) is 7.53. The predicted octanol–water partition coefficient (Wildman–Crippen LogP) is 2.21. The van der Waals surface area contributed by atoms with Crippen LogP contribution in [0.3, 0.4) is 0 Å². The maximum Gasteiger partial charge on any atom is 0.410 e. The highest BCUT2D eigenvalue weighted by molar-refractivity contribution is 5.80. The summed E-state index contributed by atoms with van der Waals surface area (Å²) in [5.41, 5.74) is -0.529. The highest BCUT2D eigenvalue weighted by atomic mass is 16.6. The first-order valence-corrected chi connectivity index (χ1v) is 7.45. The second kappa shape index (κ2) is 8.10. The van der Waals surface area contributed by atoms with Crippen LogP contribution in [0.15, 0.2) is 4.99 Å². The van der Waals surface area contributed by atoms with Gasteiger partial charge in [0.15, 0.2) is 5.96 Å². The van der Waals surface area contributed by atoms with E-state index in [2.05, 4.69) is 36.4 Å². The second-order valence-electron chi connectivity index (χ2n) is 6.93. The first-order valence-electron chi connectivity index (χ1n) is 7.45. The van der Waals surface area contributed by atoms with Gasteiger partial charge in [-0.2, -0.15) is 0 Å². The minimum atomic E-state index is -0.470. The topological polar surface area (TPSA) is 66.0 Å². The SMILES string of the molecule is CCN(CCNC(=NC)NC(C)(C)C)C(=O)OC(C)(C)C. The lowest BCUT2D eigenvalue weighted by Gasteiger charge is -2.27. The van der Waals surface area contributed by atoms with E-state index in [9.17, 15) is 4.79 Å². The number of guanidine groups is 1. The quantitative estimate of drug-likeness (QED) is 0.617. The number of nitrogens with one attached hydrogen (secondary N) is 2. The van der Waals surface area contributed by atoms with Crippen molar-refractivity contribution in [2.75, 3.05) is 26.7 Å². The molecule has 0 aromatic carbocycles. The summed E-state index contributed by atoms with van der Waals surface area (Å²) in [4.78, 5) is 17.8. The fraction of sp³-hybridized carbons (Fsp3) is 0.867. The molecule has 21 heavy (non-hydrogen) atoms. The third-order valence-electron chi connectivity index (χ3n) is 2.42. The van der Waals surface area contributed by atoms with E-state index in [1.165, 1.54) is 0 Å². The summed E-state index contributed by atoms with van der Waals surface area (Å²) in [6, 6.07) is 0. The summed E-state index contributed by atoms with van der Waals surface area (Å²) >= 11 is 0. The van der Waals surface area contributed by atoms with Crippen LogP contribution in [-0.2, 0) is 4.74 Å². The number of ether oxygens (including phenoxy) is 1. The average Bonchev–Trinajstić information content (AvgIpc) is 2.29. The van der Waals surface area contributed by atoms with E-state index in [-0.39, 0.29) is 11.6 Å². The molecule has 0 aromatic heterocycles. The minimum Gasteiger partial charge on any atom is -0.444 e. The lowest BCUT2D eigenvalue weighted by molar-refractivity contribution is 0.0264. The minimum absolute atomic E-state index is 0.0581. The van der Waals surface area contributed by atoms with Gasteiger partial charge in [0.05, 0.1) is 0 Å². The van der Waals surface area contributed by atoms with Gasteiger partial charge in [-0.05, 0) is 48.5 Å². The number of likely N-dealkylation sites (N-methyl/N-ethyl adjacent to an activating group) is 1. The van der Waals surface area contributed by atoms with Crippen molar-refractivity contribution in [2.24, 2.45) is 4.99 Å². The molecule has 0 rings (SSSR count). The van der Waals surface area contributed by atoms with Crippen molar-refractivity contribution in [1.82, 2.24) is 15.5 Å². The molecule has 0 fully saturated rings. The molecule has 0 bridgehead atoms. The molecule has 0 spiro atoms. The van der Waals surface area contributed by atoms with Crippen molar-refractivity contribution >= 4 is 12.1 Å². The van der Waals surface area contributed by atoms with Gasteiger partial charge in [0.2, 0.25) is 0 Å². The molecule has 0 unspecified atom stereocenters. The highest BCUT2D eigenvalue weighted by Crippen LogP contribution is 2.09. The van der Waals surface area contributed by atoms with Gasteiger partial charge in [-0.3, -0.25) is 4.99 Å². The van der Waals surface area contributed by atoms with Gasteiger partial charge in [-0.15, -0.1) is 0 Å². The molecule has 2 N–H and O–H groups in total. The summed E-state index contributed by atoms with van der Waals surface area (Å²) in [5.74, 6) is 0.725.